The summed E-state index contributed by atoms with van der Waals surface area (Å²) in [5.41, 5.74) is -1.10. The Morgan fingerprint density at radius 1 is 1.41 bits per heavy atom. The maximum Gasteiger partial charge on any atom is 0.331 e. The molecule has 0 saturated heterocycles. The van der Waals surface area contributed by atoms with E-state index < -0.39 is 17.1 Å². The molecular formula is C18H22N4O4S. The monoisotopic (exact) mass is 390 g/mol. The third-order valence-corrected chi connectivity index (χ3v) is 5.62. The van der Waals surface area contributed by atoms with Crippen molar-refractivity contribution in [1.82, 2.24) is 14.6 Å². The zero-order valence-electron chi connectivity index (χ0n) is 15.5. The van der Waals surface area contributed by atoms with Crippen LogP contribution in [0.1, 0.15) is 54.5 Å². The molecule has 1 amide bonds. The third kappa shape index (κ3) is 3.59. The molecule has 1 aliphatic heterocycles. The van der Waals surface area contributed by atoms with Crippen molar-refractivity contribution < 1.29 is 9.90 Å². The van der Waals surface area contributed by atoms with E-state index in [1.807, 2.05) is 26.0 Å². The van der Waals surface area contributed by atoms with Gasteiger partial charge in [0.15, 0.2) is 0 Å². The molecule has 0 radical (unpaired) electrons. The highest BCUT2D eigenvalue weighted by Crippen LogP contribution is 2.36. The topological polar surface area (TPSA) is 108 Å². The van der Waals surface area contributed by atoms with Gasteiger partial charge in [0.05, 0.1) is 11.8 Å². The SMILES string of the molecule is CCCCn1c(O)c(C2=NN(C(C)=O)[C@@H](c3ccc(C)s3)C2)c(=O)[nH]c1=O. The lowest BCUT2D eigenvalue weighted by molar-refractivity contribution is -0.130. The van der Waals surface area contributed by atoms with Crippen molar-refractivity contribution >= 4 is 23.0 Å². The second-order valence-electron chi connectivity index (χ2n) is 6.54. The predicted molar refractivity (Wildman–Crippen MR) is 103 cm³/mol. The van der Waals surface area contributed by atoms with Crippen molar-refractivity contribution in [3.63, 3.8) is 0 Å². The summed E-state index contributed by atoms with van der Waals surface area (Å²) in [6.07, 6.45) is 1.81. The van der Waals surface area contributed by atoms with E-state index in [0.29, 0.717) is 25.1 Å². The lowest BCUT2D eigenvalue weighted by Gasteiger charge is -2.18. The molecule has 0 spiro atoms. The van der Waals surface area contributed by atoms with Crippen molar-refractivity contribution in [3.8, 4) is 5.88 Å². The van der Waals surface area contributed by atoms with Crippen LogP contribution >= 0.6 is 11.3 Å². The number of H-pyrrole nitrogens is 1. The van der Waals surface area contributed by atoms with E-state index in [1.54, 1.807) is 11.3 Å². The van der Waals surface area contributed by atoms with Gasteiger partial charge < -0.3 is 5.11 Å². The van der Waals surface area contributed by atoms with Crippen LogP contribution in [0.5, 0.6) is 5.88 Å². The third-order valence-electron chi connectivity index (χ3n) is 4.52. The Balaban J connectivity index is 2.06. The average molecular weight is 390 g/mol. The number of aromatic nitrogens is 2. The Morgan fingerprint density at radius 3 is 2.74 bits per heavy atom. The molecule has 0 aliphatic carbocycles. The van der Waals surface area contributed by atoms with Crippen molar-refractivity contribution in [2.45, 2.75) is 52.6 Å². The van der Waals surface area contributed by atoms with Crippen molar-refractivity contribution in [1.29, 1.82) is 0 Å². The number of hydrogen-bond acceptors (Lipinski definition) is 6. The number of carbonyl (C=O) groups excluding carboxylic acids is 1. The molecule has 1 atom stereocenters. The van der Waals surface area contributed by atoms with Gasteiger partial charge in [-0.15, -0.1) is 11.3 Å². The fraction of sp³-hybridized carbons (Fsp3) is 0.444. The van der Waals surface area contributed by atoms with Crippen LogP contribution in [0.15, 0.2) is 26.8 Å². The van der Waals surface area contributed by atoms with E-state index in [-0.39, 0.29) is 17.5 Å². The van der Waals surface area contributed by atoms with Gasteiger partial charge in [-0.05, 0) is 25.5 Å². The number of amides is 1. The minimum Gasteiger partial charge on any atom is -0.494 e. The number of hydrazone groups is 1. The molecule has 2 N–H and O–H groups in total. The first-order valence-corrected chi connectivity index (χ1v) is 9.65. The van der Waals surface area contributed by atoms with Crippen molar-refractivity contribution in [3.05, 3.63) is 48.3 Å². The number of nitrogens with zero attached hydrogens (tertiary/aromatic N) is 3. The molecule has 1 aliphatic rings. The first-order valence-electron chi connectivity index (χ1n) is 8.83. The quantitative estimate of drug-likeness (QED) is 0.815. The van der Waals surface area contributed by atoms with Gasteiger partial charge in [0.1, 0.15) is 5.56 Å². The Bertz CT molecular complexity index is 1020. The summed E-state index contributed by atoms with van der Waals surface area (Å²) in [4.78, 5) is 40.8. The highest BCUT2D eigenvalue weighted by atomic mass is 32.1. The first kappa shape index (κ1) is 19.1. The molecular weight excluding hydrogens is 368 g/mol. The van der Waals surface area contributed by atoms with Crippen LogP contribution in [0.3, 0.4) is 0 Å². The summed E-state index contributed by atoms with van der Waals surface area (Å²) < 4.78 is 1.14. The minimum atomic E-state index is -0.699. The van der Waals surface area contributed by atoms with Crippen LogP contribution < -0.4 is 11.2 Å². The summed E-state index contributed by atoms with van der Waals surface area (Å²) in [6.45, 7) is 5.64. The first-order chi connectivity index (χ1) is 12.8. The second-order valence-corrected chi connectivity index (χ2v) is 7.86. The van der Waals surface area contributed by atoms with Crippen LogP contribution in [0.25, 0.3) is 0 Å². The number of aromatic amines is 1. The van der Waals surface area contributed by atoms with Crippen molar-refractivity contribution in [2.75, 3.05) is 0 Å². The number of thiophene rings is 1. The zero-order valence-corrected chi connectivity index (χ0v) is 16.3. The van der Waals surface area contributed by atoms with Gasteiger partial charge in [-0.1, -0.05) is 13.3 Å². The molecule has 3 heterocycles. The Kier molecular flexibility index (Phi) is 5.31. The van der Waals surface area contributed by atoms with Crippen LogP contribution in [0.2, 0.25) is 0 Å². The molecule has 0 fully saturated rings. The van der Waals surface area contributed by atoms with Crippen molar-refractivity contribution in [2.24, 2.45) is 5.10 Å². The molecule has 0 saturated carbocycles. The number of rotatable bonds is 5. The van der Waals surface area contributed by atoms with E-state index in [9.17, 15) is 19.5 Å². The second kappa shape index (κ2) is 7.51. The van der Waals surface area contributed by atoms with Crippen LogP contribution in [-0.4, -0.2) is 31.3 Å². The standard InChI is InChI=1S/C18H22N4O4S/c1-4-5-8-21-17(25)15(16(24)19-18(21)26)12-9-13(22(20-12)11(3)23)14-7-6-10(2)27-14/h6-7,13,25H,4-5,8-9H2,1-3H3,(H,19,24,26)/t13-/m1/s1. The fourth-order valence-corrected chi connectivity index (χ4v) is 4.11. The normalized spacial score (nSPS) is 16.6. The summed E-state index contributed by atoms with van der Waals surface area (Å²) in [5.74, 6) is -0.654. The molecule has 27 heavy (non-hydrogen) atoms. The summed E-state index contributed by atoms with van der Waals surface area (Å²) in [7, 11) is 0. The van der Waals surface area contributed by atoms with Gasteiger partial charge in [-0.3, -0.25) is 19.1 Å². The molecule has 0 unspecified atom stereocenters. The number of hydrogen-bond donors (Lipinski definition) is 2. The Labute approximate surface area is 159 Å². The van der Waals surface area contributed by atoms with Crippen LogP contribution in [0.4, 0.5) is 0 Å². The lowest BCUT2D eigenvalue weighted by Crippen LogP contribution is -2.33. The van der Waals surface area contributed by atoms with Gasteiger partial charge >= 0.3 is 5.69 Å². The average Bonchev–Trinajstić information content (AvgIpc) is 3.21. The minimum absolute atomic E-state index is 0.0484. The molecule has 144 valence electrons. The summed E-state index contributed by atoms with van der Waals surface area (Å²) in [5, 5.41) is 16.2. The molecule has 9 heteroatoms. The maximum atomic E-state index is 12.4. The highest BCUT2D eigenvalue weighted by molar-refractivity contribution is 7.12. The lowest BCUT2D eigenvalue weighted by atomic mass is 10.0. The molecule has 0 bridgehead atoms. The van der Waals surface area contributed by atoms with Gasteiger partial charge in [-0.25, -0.2) is 9.80 Å². The molecule has 2 aromatic rings. The summed E-state index contributed by atoms with van der Waals surface area (Å²) in [6, 6.07) is 3.57. The highest BCUT2D eigenvalue weighted by Gasteiger charge is 2.35. The van der Waals surface area contributed by atoms with E-state index in [4.69, 9.17) is 0 Å². The Hall–Kier alpha value is -2.68. The zero-order chi connectivity index (χ0) is 19.7. The van der Waals surface area contributed by atoms with E-state index >= 15 is 0 Å². The number of nitrogens with one attached hydrogen (secondary N) is 1. The number of carbonyl (C=O) groups is 1. The number of unbranched alkanes of at least 4 members (excludes halogenated alkanes) is 1. The van der Waals surface area contributed by atoms with E-state index in [1.165, 1.54) is 11.9 Å². The van der Waals surface area contributed by atoms with Crippen LogP contribution in [0, 0.1) is 6.92 Å². The largest absolute Gasteiger partial charge is 0.494 e. The van der Waals surface area contributed by atoms with Gasteiger partial charge in [0.25, 0.3) is 5.56 Å². The molecule has 8 nitrogen and oxygen atoms in total. The van der Waals surface area contributed by atoms with Gasteiger partial charge in [0.2, 0.25) is 11.8 Å². The van der Waals surface area contributed by atoms with E-state index in [0.717, 1.165) is 20.7 Å². The molecule has 2 aromatic heterocycles. The maximum absolute atomic E-state index is 12.4. The number of aromatic hydroxyl groups is 1. The van der Waals surface area contributed by atoms with Gasteiger partial charge in [-0.2, -0.15) is 5.10 Å². The van der Waals surface area contributed by atoms with Gasteiger partial charge in [0, 0.05) is 29.6 Å². The molecule has 3 rings (SSSR count). The van der Waals surface area contributed by atoms with Crippen LogP contribution in [-0.2, 0) is 11.3 Å². The molecule has 0 aromatic carbocycles. The number of aryl methyl sites for hydroxylation is 1. The predicted octanol–water partition coefficient (Wildman–Crippen LogP) is 2.11. The Morgan fingerprint density at radius 2 is 2.15 bits per heavy atom. The van der Waals surface area contributed by atoms with E-state index in [2.05, 4.69) is 10.1 Å². The summed E-state index contributed by atoms with van der Waals surface area (Å²) >= 11 is 1.56. The fourth-order valence-electron chi connectivity index (χ4n) is 3.15. The smallest absolute Gasteiger partial charge is 0.331 e.